The van der Waals surface area contributed by atoms with E-state index >= 15 is 0 Å². The van der Waals surface area contributed by atoms with E-state index in [2.05, 4.69) is 5.43 Å². The molecule has 4 rings (SSSR count). The first kappa shape index (κ1) is 13.9. The summed E-state index contributed by atoms with van der Waals surface area (Å²) in [7, 11) is 0. The molecule has 2 heterocycles. The Morgan fingerprint density at radius 2 is 1.91 bits per heavy atom. The molecule has 2 aromatic rings. The van der Waals surface area contributed by atoms with Gasteiger partial charge in [-0.15, -0.1) is 0 Å². The number of hydrogen-bond donors (Lipinski definition) is 1. The number of benzene rings is 1. The second-order valence-electron chi connectivity index (χ2n) is 5.82. The van der Waals surface area contributed by atoms with Crippen molar-refractivity contribution in [3.63, 3.8) is 0 Å². The number of rotatable bonds is 4. The minimum absolute atomic E-state index is 0.110. The lowest BCUT2D eigenvalue weighted by Gasteiger charge is -2.31. The highest BCUT2D eigenvalue weighted by Gasteiger charge is 2.38. The number of pyridine rings is 1. The molecule has 6 nitrogen and oxygen atoms in total. The van der Waals surface area contributed by atoms with E-state index in [1.165, 1.54) is 6.07 Å². The van der Waals surface area contributed by atoms with Crippen LogP contribution in [0.5, 0.6) is 5.75 Å². The van der Waals surface area contributed by atoms with Crippen molar-refractivity contribution in [1.82, 2.24) is 9.58 Å². The van der Waals surface area contributed by atoms with Crippen molar-refractivity contribution in [2.24, 2.45) is 0 Å². The van der Waals surface area contributed by atoms with Crippen LogP contribution in [0.25, 0.3) is 0 Å². The largest absolute Gasteiger partial charge is 0.482 e. The molecule has 1 saturated carbocycles. The van der Waals surface area contributed by atoms with Gasteiger partial charge in [-0.2, -0.15) is 0 Å². The Morgan fingerprint density at radius 3 is 2.65 bits per heavy atom. The molecule has 1 aliphatic heterocycles. The first-order valence-corrected chi connectivity index (χ1v) is 7.71. The van der Waals surface area contributed by atoms with Gasteiger partial charge in [-0.25, -0.2) is 0 Å². The highest BCUT2D eigenvalue weighted by Crippen LogP contribution is 2.30. The van der Waals surface area contributed by atoms with Gasteiger partial charge in [0.15, 0.2) is 11.4 Å². The van der Waals surface area contributed by atoms with E-state index in [4.69, 9.17) is 4.74 Å². The fourth-order valence-corrected chi connectivity index (χ4v) is 2.76. The van der Waals surface area contributed by atoms with Gasteiger partial charge in [-0.05, 0) is 18.4 Å². The third kappa shape index (κ3) is 2.56. The molecule has 0 unspecified atom stereocenters. The monoisotopic (exact) mass is 311 g/mol. The van der Waals surface area contributed by atoms with Crippen molar-refractivity contribution in [2.75, 3.05) is 12.1 Å². The number of fused-ring (bicyclic) bond motifs is 1. The minimum Gasteiger partial charge on any atom is -0.482 e. The Kier molecular flexibility index (Phi) is 3.29. The number of amides is 1. The summed E-state index contributed by atoms with van der Waals surface area (Å²) in [5.41, 5.74) is 4.09. The van der Waals surface area contributed by atoms with E-state index in [0.29, 0.717) is 6.67 Å². The SMILES string of the molecule is O=C1c2c(OCc3ccccc3)c(=O)ccn2NCN1C1CC1. The zero-order valence-corrected chi connectivity index (χ0v) is 12.6. The first-order valence-electron chi connectivity index (χ1n) is 7.71. The summed E-state index contributed by atoms with van der Waals surface area (Å²) in [6.07, 6.45) is 3.62. The number of ether oxygens (including phenoxy) is 1. The third-order valence-electron chi connectivity index (χ3n) is 4.14. The number of nitrogens with zero attached hydrogens (tertiary/aromatic N) is 2. The standard InChI is InChI=1S/C17H17N3O3/c21-14-8-9-20-15(17(22)19(11-18-20)13-6-7-13)16(14)23-10-12-4-2-1-3-5-12/h1-5,8-9,13,18H,6-7,10-11H2. The molecule has 118 valence electrons. The predicted octanol–water partition coefficient (Wildman–Crippen LogP) is 1.55. The number of hydrogen-bond acceptors (Lipinski definition) is 4. The summed E-state index contributed by atoms with van der Waals surface area (Å²) in [6.45, 7) is 0.710. The summed E-state index contributed by atoms with van der Waals surface area (Å²) in [5.74, 6) is -0.0359. The Hall–Kier alpha value is -2.76. The van der Waals surface area contributed by atoms with Gasteiger partial charge in [0.1, 0.15) is 13.3 Å². The van der Waals surface area contributed by atoms with Crippen molar-refractivity contribution < 1.29 is 9.53 Å². The predicted molar refractivity (Wildman–Crippen MR) is 84.9 cm³/mol. The summed E-state index contributed by atoms with van der Waals surface area (Å²) in [4.78, 5) is 26.7. The first-order chi connectivity index (χ1) is 11.2. The molecule has 0 bridgehead atoms. The van der Waals surface area contributed by atoms with E-state index in [1.807, 2.05) is 30.3 Å². The number of carbonyl (C=O) groups excluding carboxylic acids is 1. The summed E-state index contributed by atoms with van der Waals surface area (Å²) < 4.78 is 7.31. The smallest absolute Gasteiger partial charge is 0.278 e. The molecule has 1 aliphatic carbocycles. The lowest BCUT2D eigenvalue weighted by Crippen LogP contribution is -2.47. The van der Waals surface area contributed by atoms with Gasteiger partial charge in [0.25, 0.3) is 5.91 Å². The molecule has 1 aromatic heterocycles. The van der Waals surface area contributed by atoms with Gasteiger partial charge >= 0.3 is 0 Å². The van der Waals surface area contributed by atoms with Gasteiger partial charge in [-0.3, -0.25) is 14.3 Å². The minimum atomic E-state index is -0.278. The van der Waals surface area contributed by atoms with Crippen LogP contribution in [0.1, 0.15) is 28.9 Å². The Labute approximate surface area is 133 Å². The lowest BCUT2D eigenvalue weighted by atomic mass is 10.2. The topological polar surface area (TPSA) is 63.6 Å². The maximum absolute atomic E-state index is 12.7. The van der Waals surface area contributed by atoms with Gasteiger partial charge in [0.05, 0.1) is 0 Å². The van der Waals surface area contributed by atoms with Gasteiger partial charge < -0.3 is 15.1 Å². The maximum atomic E-state index is 12.7. The highest BCUT2D eigenvalue weighted by molar-refractivity contribution is 5.96. The number of carbonyl (C=O) groups is 1. The van der Waals surface area contributed by atoms with E-state index in [1.54, 1.807) is 15.8 Å². The molecule has 0 spiro atoms. The fourth-order valence-electron chi connectivity index (χ4n) is 2.76. The quantitative estimate of drug-likeness (QED) is 0.930. The van der Waals surface area contributed by atoms with Crippen LogP contribution in [-0.4, -0.2) is 28.2 Å². The normalized spacial score (nSPS) is 16.7. The van der Waals surface area contributed by atoms with Crippen LogP contribution in [0.3, 0.4) is 0 Å². The number of nitrogens with one attached hydrogen (secondary N) is 1. The van der Waals surface area contributed by atoms with Crippen molar-refractivity contribution in [3.05, 3.63) is 64.1 Å². The molecule has 1 fully saturated rings. The summed E-state index contributed by atoms with van der Waals surface area (Å²) in [6, 6.07) is 11.3. The summed E-state index contributed by atoms with van der Waals surface area (Å²) in [5, 5.41) is 0. The maximum Gasteiger partial charge on any atom is 0.278 e. The second kappa shape index (κ2) is 5.46. The van der Waals surface area contributed by atoms with Crippen LogP contribution >= 0.6 is 0 Å². The zero-order valence-electron chi connectivity index (χ0n) is 12.6. The number of aromatic nitrogens is 1. The molecule has 0 atom stereocenters. The Morgan fingerprint density at radius 1 is 1.13 bits per heavy atom. The van der Waals surface area contributed by atoms with Crippen LogP contribution in [0, 0.1) is 0 Å². The molecule has 1 N–H and O–H groups in total. The average molecular weight is 311 g/mol. The van der Waals surface area contributed by atoms with Crippen LogP contribution < -0.4 is 15.6 Å². The van der Waals surface area contributed by atoms with Crippen LogP contribution in [0.2, 0.25) is 0 Å². The molecule has 0 radical (unpaired) electrons. The molecular weight excluding hydrogens is 294 g/mol. The Bertz CT molecular complexity index is 796. The second-order valence-corrected chi connectivity index (χ2v) is 5.82. The van der Waals surface area contributed by atoms with Crippen molar-refractivity contribution >= 4 is 5.91 Å². The molecule has 1 amide bonds. The highest BCUT2D eigenvalue weighted by atomic mass is 16.5. The molecule has 23 heavy (non-hydrogen) atoms. The molecule has 1 aromatic carbocycles. The van der Waals surface area contributed by atoms with E-state index in [-0.39, 0.29) is 35.4 Å². The van der Waals surface area contributed by atoms with Crippen LogP contribution in [0.4, 0.5) is 0 Å². The van der Waals surface area contributed by atoms with E-state index in [9.17, 15) is 9.59 Å². The van der Waals surface area contributed by atoms with Crippen molar-refractivity contribution in [2.45, 2.75) is 25.5 Å². The van der Waals surface area contributed by atoms with Crippen molar-refractivity contribution in [3.8, 4) is 5.75 Å². The third-order valence-corrected chi connectivity index (χ3v) is 4.14. The fraction of sp³-hybridized carbons (Fsp3) is 0.294. The average Bonchev–Trinajstić information content (AvgIpc) is 3.40. The van der Waals surface area contributed by atoms with E-state index in [0.717, 1.165) is 18.4 Å². The van der Waals surface area contributed by atoms with Gasteiger partial charge in [-0.1, -0.05) is 30.3 Å². The van der Waals surface area contributed by atoms with Gasteiger partial charge in [0.2, 0.25) is 5.43 Å². The van der Waals surface area contributed by atoms with Crippen LogP contribution in [-0.2, 0) is 6.61 Å². The molecular formula is C17H17N3O3. The van der Waals surface area contributed by atoms with Gasteiger partial charge in [0, 0.05) is 18.3 Å². The molecule has 0 saturated heterocycles. The molecule has 6 heteroatoms. The van der Waals surface area contributed by atoms with Crippen LogP contribution in [0.15, 0.2) is 47.4 Å². The Balaban J connectivity index is 1.66. The van der Waals surface area contributed by atoms with E-state index < -0.39 is 0 Å². The lowest BCUT2D eigenvalue weighted by molar-refractivity contribution is 0.0706. The zero-order chi connectivity index (χ0) is 15.8. The van der Waals surface area contributed by atoms with Crippen molar-refractivity contribution in [1.29, 1.82) is 0 Å². The summed E-state index contributed by atoms with van der Waals surface area (Å²) >= 11 is 0. The molecule has 2 aliphatic rings.